The second-order valence-electron chi connectivity index (χ2n) is 10.8. The van der Waals surface area contributed by atoms with Gasteiger partial charge in [-0.25, -0.2) is 0 Å². The molecule has 0 radical (unpaired) electrons. The van der Waals surface area contributed by atoms with E-state index in [1.54, 1.807) is 0 Å². The van der Waals surface area contributed by atoms with Crippen LogP contribution in [0.3, 0.4) is 0 Å². The maximum absolute atomic E-state index is 10.8. The zero-order valence-electron chi connectivity index (χ0n) is 22.0. The monoisotopic (exact) mass is 467 g/mol. The van der Waals surface area contributed by atoms with Crippen LogP contribution in [0.15, 0.2) is 30.4 Å². The predicted molar refractivity (Wildman–Crippen MR) is 140 cm³/mol. The molecule has 6 atom stereocenters. The van der Waals surface area contributed by atoms with Crippen LogP contribution in [0.1, 0.15) is 84.3 Å². The number of rotatable bonds is 11. The van der Waals surface area contributed by atoms with Gasteiger partial charge in [-0.3, -0.25) is 4.90 Å². The predicted octanol–water partition coefficient (Wildman–Crippen LogP) is 5.32. The number of benzene rings is 1. The lowest BCUT2D eigenvalue weighted by molar-refractivity contribution is 0.134. The molecular weight excluding hydrogens is 422 g/mol. The molecule has 1 aromatic carbocycles. The van der Waals surface area contributed by atoms with Crippen molar-refractivity contribution in [1.29, 1.82) is 0 Å². The molecule has 1 fully saturated rings. The molecule has 0 unspecified atom stereocenters. The van der Waals surface area contributed by atoms with Crippen LogP contribution < -0.4 is 4.74 Å². The fourth-order valence-electron chi connectivity index (χ4n) is 5.70. The standard InChI is InChI=1S/C30H45NO3/c1-7-8-12-22(6)26(32)17-16-24-27(33)19-28-29(24)25-15-11-14-23(30(25)34-28)13-9-10-18-31(20(2)3)21(4)5/h11,14-17,20-22,24,26-29,32-33H,9-10,12-13,18-19H2,1-6H3/b17-16+/t22-,24-,26+,27+,28-,29-/m0/s1. The van der Waals surface area contributed by atoms with Crippen molar-refractivity contribution < 1.29 is 14.9 Å². The molecule has 0 aromatic heterocycles. The van der Waals surface area contributed by atoms with Crippen molar-refractivity contribution in [2.75, 3.05) is 6.54 Å². The summed E-state index contributed by atoms with van der Waals surface area (Å²) in [6.45, 7) is 14.0. The molecule has 1 aromatic rings. The molecular formula is C30H45NO3. The molecule has 4 heteroatoms. The zero-order chi connectivity index (χ0) is 24.8. The third-order valence-electron chi connectivity index (χ3n) is 7.64. The molecule has 1 heterocycles. The SMILES string of the molecule is CC#CC[C@H](C)[C@H](O)/C=C/[C@@H]1[C@H]2c3cccc(CCCCN(C(C)C)C(C)C)c3O[C@H]2C[C@H]1O. The third-order valence-corrected chi connectivity index (χ3v) is 7.64. The van der Waals surface area contributed by atoms with E-state index in [0.29, 0.717) is 24.9 Å². The largest absolute Gasteiger partial charge is 0.489 e. The van der Waals surface area contributed by atoms with Gasteiger partial charge in [-0.05, 0) is 71.9 Å². The Morgan fingerprint density at radius 1 is 1.15 bits per heavy atom. The van der Waals surface area contributed by atoms with Crippen molar-refractivity contribution >= 4 is 0 Å². The highest BCUT2D eigenvalue weighted by molar-refractivity contribution is 5.49. The Morgan fingerprint density at radius 3 is 2.56 bits per heavy atom. The molecule has 0 saturated heterocycles. The summed E-state index contributed by atoms with van der Waals surface area (Å²) in [5.41, 5.74) is 2.51. The number of fused-ring (bicyclic) bond motifs is 3. The van der Waals surface area contributed by atoms with Gasteiger partial charge in [0, 0.05) is 42.3 Å². The molecule has 0 amide bonds. The highest BCUT2D eigenvalue weighted by Crippen LogP contribution is 2.52. The summed E-state index contributed by atoms with van der Waals surface area (Å²) in [4.78, 5) is 2.55. The van der Waals surface area contributed by atoms with Gasteiger partial charge < -0.3 is 14.9 Å². The van der Waals surface area contributed by atoms with Crippen molar-refractivity contribution in [3.8, 4) is 17.6 Å². The lowest BCUT2D eigenvalue weighted by Gasteiger charge is -2.30. The highest BCUT2D eigenvalue weighted by Gasteiger charge is 2.48. The van der Waals surface area contributed by atoms with Gasteiger partial charge in [-0.2, -0.15) is 0 Å². The van der Waals surface area contributed by atoms with Crippen molar-refractivity contribution in [2.45, 2.75) is 110 Å². The summed E-state index contributed by atoms with van der Waals surface area (Å²) in [5, 5.41) is 21.3. The molecule has 1 saturated carbocycles. The molecule has 4 nitrogen and oxygen atoms in total. The summed E-state index contributed by atoms with van der Waals surface area (Å²) >= 11 is 0. The van der Waals surface area contributed by atoms with E-state index in [-0.39, 0.29) is 23.9 Å². The van der Waals surface area contributed by atoms with Crippen molar-refractivity contribution in [3.05, 3.63) is 41.5 Å². The molecule has 3 rings (SSSR count). The van der Waals surface area contributed by atoms with Gasteiger partial charge in [-0.15, -0.1) is 11.8 Å². The summed E-state index contributed by atoms with van der Waals surface area (Å²) in [7, 11) is 0. The summed E-state index contributed by atoms with van der Waals surface area (Å²) in [6, 6.07) is 7.64. The molecule has 188 valence electrons. The Balaban J connectivity index is 1.66. The number of hydrogen-bond donors (Lipinski definition) is 2. The van der Waals surface area contributed by atoms with E-state index >= 15 is 0 Å². The first kappa shape index (κ1) is 26.8. The van der Waals surface area contributed by atoms with Crippen LogP contribution in [-0.4, -0.2) is 52.1 Å². The van der Waals surface area contributed by atoms with Crippen LogP contribution in [0, 0.1) is 23.7 Å². The Hall–Kier alpha value is -1.80. The van der Waals surface area contributed by atoms with Gasteiger partial charge >= 0.3 is 0 Å². The lowest BCUT2D eigenvalue weighted by atomic mass is 9.86. The molecule has 2 aliphatic rings. The first-order valence-electron chi connectivity index (χ1n) is 13.2. The first-order valence-corrected chi connectivity index (χ1v) is 13.2. The average molecular weight is 468 g/mol. The van der Waals surface area contributed by atoms with Crippen molar-refractivity contribution in [3.63, 3.8) is 0 Å². The molecule has 1 aliphatic heterocycles. The van der Waals surface area contributed by atoms with Crippen LogP contribution in [0.25, 0.3) is 0 Å². The van der Waals surface area contributed by atoms with E-state index in [0.717, 1.165) is 25.1 Å². The first-order chi connectivity index (χ1) is 16.2. The van der Waals surface area contributed by atoms with E-state index in [1.165, 1.54) is 17.5 Å². The van der Waals surface area contributed by atoms with Crippen LogP contribution >= 0.6 is 0 Å². The van der Waals surface area contributed by atoms with Gasteiger partial charge in [0.15, 0.2) is 0 Å². The van der Waals surface area contributed by atoms with Gasteiger partial charge in [0.2, 0.25) is 0 Å². The molecule has 1 aliphatic carbocycles. The van der Waals surface area contributed by atoms with E-state index in [2.05, 4.69) is 62.6 Å². The number of aryl methyl sites for hydroxylation is 1. The van der Waals surface area contributed by atoms with Gasteiger partial charge in [0.25, 0.3) is 0 Å². The van der Waals surface area contributed by atoms with Crippen LogP contribution in [0.5, 0.6) is 5.75 Å². The fraction of sp³-hybridized carbons (Fsp3) is 0.667. The number of unbranched alkanes of at least 4 members (excludes halogenated alkanes) is 1. The lowest BCUT2D eigenvalue weighted by Crippen LogP contribution is -2.37. The summed E-state index contributed by atoms with van der Waals surface area (Å²) in [6.07, 6.45) is 7.53. The number of ether oxygens (including phenoxy) is 1. The quantitative estimate of drug-likeness (QED) is 0.263. The highest BCUT2D eigenvalue weighted by atomic mass is 16.5. The van der Waals surface area contributed by atoms with Crippen molar-refractivity contribution in [1.82, 2.24) is 4.90 Å². The summed E-state index contributed by atoms with van der Waals surface area (Å²) < 4.78 is 6.44. The maximum Gasteiger partial charge on any atom is 0.126 e. The van der Waals surface area contributed by atoms with Gasteiger partial charge in [0.05, 0.1) is 12.2 Å². The van der Waals surface area contributed by atoms with E-state index in [9.17, 15) is 10.2 Å². The maximum atomic E-state index is 10.8. The zero-order valence-corrected chi connectivity index (χ0v) is 22.0. The second-order valence-corrected chi connectivity index (χ2v) is 10.8. The minimum Gasteiger partial charge on any atom is -0.489 e. The van der Waals surface area contributed by atoms with Gasteiger partial charge in [-0.1, -0.05) is 37.3 Å². The summed E-state index contributed by atoms with van der Waals surface area (Å²) in [5.74, 6) is 7.16. The molecule has 0 bridgehead atoms. The second kappa shape index (κ2) is 12.2. The van der Waals surface area contributed by atoms with E-state index < -0.39 is 12.2 Å². The Labute approximate surface area is 207 Å². The topological polar surface area (TPSA) is 52.9 Å². The number of nitrogens with zero attached hydrogens (tertiary/aromatic N) is 1. The minimum atomic E-state index is -0.559. The average Bonchev–Trinajstić information content (AvgIpc) is 3.30. The minimum absolute atomic E-state index is 0.0127. The van der Waals surface area contributed by atoms with Crippen LogP contribution in [0.2, 0.25) is 0 Å². The number of para-hydroxylation sites is 1. The Kier molecular flexibility index (Phi) is 9.65. The van der Waals surface area contributed by atoms with E-state index in [1.807, 2.05) is 26.0 Å². The fourth-order valence-corrected chi connectivity index (χ4v) is 5.70. The Morgan fingerprint density at radius 2 is 1.88 bits per heavy atom. The number of aliphatic hydroxyl groups excluding tert-OH is 2. The van der Waals surface area contributed by atoms with Gasteiger partial charge in [0.1, 0.15) is 11.9 Å². The van der Waals surface area contributed by atoms with Crippen LogP contribution in [-0.2, 0) is 6.42 Å². The normalized spacial score (nSPS) is 25.4. The third kappa shape index (κ3) is 6.25. The van der Waals surface area contributed by atoms with E-state index in [4.69, 9.17) is 4.74 Å². The smallest absolute Gasteiger partial charge is 0.126 e. The molecule has 2 N–H and O–H groups in total. The van der Waals surface area contributed by atoms with Crippen LogP contribution in [0.4, 0.5) is 0 Å². The number of aliphatic hydroxyl groups is 2. The number of hydrogen-bond acceptors (Lipinski definition) is 4. The molecule has 34 heavy (non-hydrogen) atoms. The molecule has 0 spiro atoms. The van der Waals surface area contributed by atoms with Crippen molar-refractivity contribution in [2.24, 2.45) is 11.8 Å². The Bertz CT molecular complexity index is 873.